The molecule has 0 saturated carbocycles. The van der Waals surface area contributed by atoms with Gasteiger partial charge in [-0.05, 0) is 35.4 Å². The zero-order valence-electron chi connectivity index (χ0n) is 10.6. The summed E-state index contributed by atoms with van der Waals surface area (Å²) >= 11 is 0. The van der Waals surface area contributed by atoms with Crippen LogP contribution in [0.25, 0.3) is 0 Å². The zero-order chi connectivity index (χ0) is 11.5. The minimum absolute atomic E-state index is 0.347. The van der Waals surface area contributed by atoms with E-state index in [9.17, 15) is 0 Å². The molecule has 0 aliphatic heterocycles. The standard InChI is InChI=1S/C14H22O/c1-6-12-9-11(10-14(2,3)4)7-8-13(12)15-5/h7-9H,6,10H2,1-5H3. The van der Waals surface area contributed by atoms with Gasteiger partial charge in [-0.15, -0.1) is 0 Å². The van der Waals surface area contributed by atoms with Gasteiger partial charge in [0.1, 0.15) is 5.75 Å². The number of hydrogen-bond acceptors (Lipinski definition) is 1. The molecular formula is C14H22O. The molecule has 0 atom stereocenters. The van der Waals surface area contributed by atoms with Gasteiger partial charge in [-0.1, -0.05) is 39.8 Å². The third-order valence-electron chi connectivity index (χ3n) is 2.46. The molecule has 1 aromatic rings. The second-order valence-corrected chi connectivity index (χ2v) is 5.24. The molecule has 15 heavy (non-hydrogen) atoms. The van der Waals surface area contributed by atoms with Gasteiger partial charge < -0.3 is 4.74 Å². The van der Waals surface area contributed by atoms with Crippen molar-refractivity contribution in [3.8, 4) is 5.75 Å². The van der Waals surface area contributed by atoms with E-state index in [2.05, 4.69) is 45.9 Å². The Labute approximate surface area is 93.5 Å². The highest BCUT2D eigenvalue weighted by molar-refractivity contribution is 5.37. The minimum Gasteiger partial charge on any atom is -0.496 e. The van der Waals surface area contributed by atoms with E-state index >= 15 is 0 Å². The van der Waals surface area contributed by atoms with E-state index < -0.39 is 0 Å². The lowest BCUT2D eigenvalue weighted by Gasteiger charge is -2.19. The van der Waals surface area contributed by atoms with Crippen molar-refractivity contribution in [3.05, 3.63) is 29.3 Å². The molecule has 0 heterocycles. The van der Waals surface area contributed by atoms with Crippen molar-refractivity contribution in [2.75, 3.05) is 7.11 Å². The maximum absolute atomic E-state index is 5.32. The van der Waals surface area contributed by atoms with Crippen molar-refractivity contribution in [2.24, 2.45) is 5.41 Å². The van der Waals surface area contributed by atoms with Gasteiger partial charge >= 0.3 is 0 Å². The van der Waals surface area contributed by atoms with E-state index in [4.69, 9.17) is 4.74 Å². The number of rotatable bonds is 3. The van der Waals surface area contributed by atoms with Crippen LogP contribution in [0.3, 0.4) is 0 Å². The fraction of sp³-hybridized carbons (Fsp3) is 0.571. The molecular weight excluding hydrogens is 184 g/mol. The van der Waals surface area contributed by atoms with E-state index in [0.717, 1.165) is 18.6 Å². The average Bonchev–Trinajstić information content (AvgIpc) is 2.15. The molecule has 0 aliphatic carbocycles. The Morgan fingerprint density at radius 3 is 2.33 bits per heavy atom. The maximum Gasteiger partial charge on any atom is 0.122 e. The first-order valence-corrected chi connectivity index (χ1v) is 5.62. The second kappa shape index (κ2) is 4.69. The molecule has 0 spiro atoms. The fourth-order valence-corrected chi connectivity index (χ4v) is 1.83. The second-order valence-electron chi connectivity index (χ2n) is 5.24. The topological polar surface area (TPSA) is 9.23 Å². The highest BCUT2D eigenvalue weighted by atomic mass is 16.5. The van der Waals surface area contributed by atoms with Gasteiger partial charge in [-0.25, -0.2) is 0 Å². The normalized spacial score (nSPS) is 11.5. The van der Waals surface area contributed by atoms with Crippen molar-refractivity contribution in [1.29, 1.82) is 0 Å². The van der Waals surface area contributed by atoms with Gasteiger partial charge in [0.2, 0.25) is 0 Å². The Balaban J connectivity index is 2.93. The van der Waals surface area contributed by atoms with Crippen LogP contribution in [0.4, 0.5) is 0 Å². The number of aryl methyl sites for hydroxylation is 1. The Kier molecular flexibility index (Phi) is 3.78. The lowest BCUT2D eigenvalue weighted by Crippen LogP contribution is -2.09. The van der Waals surface area contributed by atoms with E-state index in [1.54, 1.807) is 7.11 Å². The Morgan fingerprint density at radius 2 is 1.87 bits per heavy atom. The van der Waals surface area contributed by atoms with Gasteiger partial charge in [0.15, 0.2) is 0 Å². The van der Waals surface area contributed by atoms with Crippen molar-refractivity contribution in [3.63, 3.8) is 0 Å². The molecule has 1 rings (SSSR count). The Bertz CT molecular complexity index is 321. The van der Waals surface area contributed by atoms with Crippen LogP contribution in [0.2, 0.25) is 0 Å². The van der Waals surface area contributed by atoms with Crippen LogP contribution < -0.4 is 4.74 Å². The number of hydrogen-bond donors (Lipinski definition) is 0. The van der Waals surface area contributed by atoms with Crippen molar-refractivity contribution >= 4 is 0 Å². The third kappa shape index (κ3) is 3.58. The van der Waals surface area contributed by atoms with Crippen molar-refractivity contribution < 1.29 is 4.74 Å². The van der Waals surface area contributed by atoms with Crippen LogP contribution in [0.1, 0.15) is 38.8 Å². The first-order chi connectivity index (χ1) is 6.96. The summed E-state index contributed by atoms with van der Waals surface area (Å²) < 4.78 is 5.32. The van der Waals surface area contributed by atoms with E-state index in [0.29, 0.717) is 5.41 Å². The van der Waals surface area contributed by atoms with E-state index in [1.807, 2.05) is 0 Å². The summed E-state index contributed by atoms with van der Waals surface area (Å²) in [6.07, 6.45) is 2.14. The van der Waals surface area contributed by atoms with Crippen LogP contribution in [0.5, 0.6) is 5.75 Å². The summed E-state index contributed by atoms with van der Waals surface area (Å²) in [5.41, 5.74) is 3.05. The van der Waals surface area contributed by atoms with Gasteiger partial charge in [0.25, 0.3) is 0 Å². The molecule has 1 nitrogen and oxygen atoms in total. The zero-order valence-corrected chi connectivity index (χ0v) is 10.6. The third-order valence-corrected chi connectivity index (χ3v) is 2.46. The molecule has 0 amide bonds. The average molecular weight is 206 g/mol. The molecule has 0 aromatic heterocycles. The molecule has 0 aliphatic rings. The van der Waals surface area contributed by atoms with Crippen molar-refractivity contribution in [2.45, 2.75) is 40.5 Å². The van der Waals surface area contributed by atoms with Crippen LogP contribution in [0, 0.1) is 5.41 Å². The monoisotopic (exact) mass is 206 g/mol. The van der Waals surface area contributed by atoms with Crippen LogP contribution >= 0.6 is 0 Å². The van der Waals surface area contributed by atoms with E-state index in [-0.39, 0.29) is 0 Å². The minimum atomic E-state index is 0.347. The summed E-state index contributed by atoms with van der Waals surface area (Å²) in [5.74, 6) is 1.01. The quantitative estimate of drug-likeness (QED) is 0.730. The lowest BCUT2D eigenvalue weighted by molar-refractivity contribution is 0.403. The highest BCUT2D eigenvalue weighted by Crippen LogP contribution is 2.25. The summed E-state index contributed by atoms with van der Waals surface area (Å²) in [7, 11) is 1.73. The van der Waals surface area contributed by atoms with Gasteiger partial charge in [0.05, 0.1) is 7.11 Å². The van der Waals surface area contributed by atoms with Gasteiger partial charge in [-0.2, -0.15) is 0 Å². The van der Waals surface area contributed by atoms with Crippen LogP contribution in [0.15, 0.2) is 18.2 Å². The Morgan fingerprint density at radius 1 is 1.20 bits per heavy atom. The SMILES string of the molecule is CCc1cc(CC(C)(C)C)ccc1OC. The van der Waals surface area contributed by atoms with Gasteiger partial charge in [-0.3, -0.25) is 0 Å². The van der Waals surface area contributed by atoms with Gasteiger partial charge in [0, 0.05) is 0 Å². The molecule has 0 saturated heterocycles. The summed E-state index contributed by atoms with van der Waals surface area (Å²) in [6, 6.07) is 6.52. The Hall–Kier alpha value is -0.980. The van der Waals surface area contributed by atoms with Crippen LogP contribution in [-0.2, 0) is 12.8 Å². The molecule has 1 aromatic carbocycles. The lowest BCUT2D eigenvalue weighted by atomic mass is 9.87. The molecule has 1 heteroatoms. The number of ether oxygens (including phenoxy) is 1. The van der Waals surface area contributed by atoms with E-state index in [1.165, 1.54) is 11.1 Å². The summed E-state index contributed by atoms with van der Waals surface area (Å²) in [6.45, 7) is 8.97. The molecule has 0 bridgehead atoms. The number of methoxy groups -OCH3 is 1. The smallest absolute Gasteiger partial charge is 0.122 e. The molecule has 0 fully saturated rings. The van der Waals surface area contributed by atoms with Crippen LogP contribution in [-0.4, -0.2) is 7.11 Å². The molecule has 0 N–H and O–H groups in total. The largest absolute Gasteiger partial charge is 0.496 e. The molecule has 0 unspecified atom stereocenters. The summed E-state index contributed by atoms with van der Waals surface area (Å²) in [5, 5.41) is 0. The first kappa shape index (κ1) is 12.1. The highest BCUT2D eigenvalue weighted by Gasteiger charge is 2.12. The predicted molar refractivity (Wildman–Crippen MR) is 65.5 cm³/mol. The summed E-state index contributed by atoms with van der Waals surface area (Å²) in [4.78, 5) is 0. The number of benzene rings is 1. The fourth-order valence-electron chi connectivity index (χ4n) is 1.83. The molecule has 0 radical (unpaired) electrons. The van der Waals surface area contributed by atoms with Crippen molar-refractivity contribution in [1.82, 2.24) is 0 Å². The molecule has 84 valence electrons. The predicted octanol–water partition coefficient (Wildman–Crippen LogP) is 3.85. The first-order valence-electron chi connectivity index (χ1n) is 5.62. The maximum atomic E-state index is 5.32.